The van der Waals surface area contributed by atoms with Gasteiger partial charge in [0.2, 0.25) is 12.3 Å². The molecule has 1 fully saturated rings. The number of carbonyl (C=O) groups excluding carboxylic acids is 2. The Morgan fingerprint density at radius 2 is 1.70 bits per heavy atom. The van der Waals surface area contributed by atoms with E-state index in [-0.39, 0.29) is 18.1 Å². The number of fused-ring (bicyclic) bond motifs is 1. The van der Waals surface area contributed by atoms with Crippen LogP contribution in [0.1, 0.15) is 58.9 Å². The van der Waals surface area contributed by atoms with Gasteiger partial charge in [0.15, 0.2) is 11.5 Å². The van der Waals surface area contributed by atoms with Crippen LogP contribution >= 0.6 is 0 Å². The smallest absolute Gasteiger partial charge is 0.225 e. The second-order valence-electron chi connectivity index (χ2n) is 9.78. The Balaban J connectivity index is 0.00000102. The molecule has 0 spiro atoms. The number of nitrogens with two attached hydrogens (primary N) is 1. The van der Waals surface area contributed by atoms with Crippen LogP contribution in [0.5, 0.6) is 23.0 Å². The molecule has 4 aromatic rings. The fourth-order valence-electron chi connectivity index (χ4n) is 4.78. The number of likely N-dealkylation sites (tertiary alicyclic amines) is 1. The Hall–Kier alpha value is -5.34. The molecular weight excluding hydrogens is 596 g/mol. The summed E-state index contributed by atoms with van der Waals surface area (Å²) < 4.78 is 11.4. The van der Waals surface area contributed by atoms with Gasteiger partial charge in [0.25, 0.3) is 0 Å². The number of pyridine rings is 1. The van der Waals surface area contributed by atoms with Crippen molar-refractivity contribution in [3.05, 3.63) is 72.4 Å². The Morgan fingerprint density at radius 3 is 2.32 bits per heavy atom. The number of ether oxygens (including phenoxy) is 2. The lowest BCUT2D eigenvalue weighted by molar-refractivity contribution is -0.116. The number of anilines is 3. The number of amides is 2. The van der Waals surface area contributed by atoms with Crippen molar-refractivity contribution >= 4 is 40.3 Å². The van der Waals surface area contributed by atoms with Gasteiger partial charge in [-0.25, -0.2) is 0 Å². The number of aromatic nitrogens is 1. The number of nitriles is 1. The van der Waals surface area contributed by atoms with E-state index in [0.29, 0.717) is 51.5 Å². The lowest BCUT2D eigenvalue weighted by Gasteiger charge is -2.26. The lowest BCUT2D eigenvalue weighted by atomic mass is 10.1. The van der Waals surface area contributed by atoms with E-state index in [0.717, 1.165) is 25.3 Å². The number of phenols is 1. The molecule has 0 atom stereocenters. The van der Waals surface area contributed by atoms with Crippen LogP contribution in [0.4, 0.5) is 17.1 Å². The molecule has 5 rings (SSSR count). The highest BCUT2D eigenvalue weighted by atomic mass is 16.5. The highest BCUT2D eigenvalue weighted by molar-refractivity contribution is 6.01. The van der Waals surface area contributed by atoms with Gasteiger partial charge in [-0.1, -0.05) is 46.2 Å². The third-order valence-electron chi connectivity index (χ3n) is 6.90. The second-order valence-corrected chi connectivity index (χ2v) is 9.78. The maximum Gasteiger partial charge on any atom is 0.225 e. The number of hydrogen-bond acceptors (Lipinski definition) is 9. The fourth-order valence-corrected chi connectivity index (χ4v) is 4.78. The summed E-state index contributed by atoms with van der Waals surface area (Å²) in [4.78, 5) is 28.1. The molecule has 1 aromatic heterocycles. The molecule has 11 heteroatoms. The minimum absolute atomic E-state index is 0.0538. The fraction of sp³-hybridized carbons (Fsp3) is 0.333. The van der Waals surface area contributed by atoms with E-state index in [1.165, 1.54) is 25.5 Å². The molecule has 2 heterocycles. The van der Waals surface area contributed by atoms with Gasteiger partial charge in [-0.2, -0.15) is 5.26 Å². The van der Waals surface area contributed by atoms with Gasteiger partial charge in [0.05, 0.1) is 29.6 Å². The maximum absolute atomic E-state index is 12.7. The first-order valence-electron chi connectivity index (χ1n) is 15.9. The van der Waals surface area contributed by atoms with Crippen LogP contribution in [-0.4, -0.2) is 54.1 Å². The van der Waals surface area contributed by atoms with Crippen LogP contribution in [-0.2, 0) is 9.59 Å². The van der Waals surface area contributed by atoms with Crippen molar-refractivity contribution < 1.29 is 24.2 Å². The van der Waals surface area contributed by atoms with Crippen molar-refractivity contribution in [1.82, 2.24) is 9.88 Å². The van der Waals surface area contributed by atoms with E-state index < -0.39 is 0 Å². The second kappa shape index (κ2) is 20.6. The molecule has 2 amide bonds. The molecule has 0 saturated carbocycles. The SMILES string of the molecule is CC.CC.COc1cc2c(Nc3ccc(Oc4ccccc4O)cc3)c(C#N)cnc2cc1NC(=O)CCN1CCCCC1.NC=O. The number of primary amides is 1. The quantitative estimate of drug-likeness (QED) is 0.137. The van der Waals surface area contributed by atoms with Crippen LogP contribution in [0, 0.1) is 11.3 Å². The van der Waals surface area contributed by atoms with Gasteiger partial charge in [-0.15, -0.1) is 0 Å². The number of benzene rings is 3. The lowest BCUT2D eigenvalue weighted by Crippen LogP contribution is -2.32. The van der Waals surface area contributed by atoms with Crippen molar-refractivity contribution in [3.8, 4) is 29.1 Å². The zero-order valence-electron chi connectivity index (χ0n) is 27.9. The molecule has 47 heavy (non-hydrogen) atoms. The van der Waals surface area contributed by atoms with Gasteiger partial charge in [-0.05, 0) is 74.5 Å². The van der Waals surface area contributed by atoms with E-state index in [9.17, 15) is 15.2 Å². The first-order valence-corrected chi connectivity index (χ1v) is 15.9. The van der Waals surface area contributed by atoms with E-state index in [4.69, 9.17) is 14.3 Å². The Morgan fingerprint density at radius 1 is 1.04 bits per heavy atom. The number of aromatic hydroxyl groups is 1. The number of rotatable bonds is 9. The Bertz CT molecular complexity index is 1600. The Labute approximate surface area is 277 Å². The summed E-state index contributed by atoms with van der Waals surface area (Å²) in [6, 6.07) is 19.7. The third kappa shape index (κ3) is 11.2. The van der Waals surface area contributed by atoms with E-state index in [2.05, 4.69) is 32.3 Å². The summed E-state index contributed by atoms with van der Waals surface area (Å²) in [5, 5.41) is 26.7. The number of nitrogens with one attached hydrogen (secondary N) is 2. The monoisotopic (exact) mass is 642 g/mol. The first kappa shape index (κ1) is 37.8. The van der Waals surface area contributed by atoms with Gasteiger partial charge >= 0.3 is 0 Å². The number of phenolic OH excluding ortho intramolecular Hbond substituents is 1. The molecule has 1 aliphatic rings. The van der Waals surface area contributed by atoms with Crippen molar-refractivity contribution in [1.29, 1.82) is 5.26 Å². The van der Waals surface area contributed by atoms with Crippen molar-refractivity contribution in [2.75, 3.05) is 37.4 Å². The van der Waals surface area contributed by atoms with Gasteiger partial charge < -0.3 is 35.8 Å². The minimum atomic E-state index is -0.0821. The molecule has 11 nitrogen and oxygen atoms in total. The number of nitrogens with zero attached hydrogens (tertiary/aromatic N) is 3. The van der Waals surface area contributed by atoms with Crippen LogP contribution in [0.2, 0.25) is 0 Å². The summed E-state index contributed by atoms with van der Waals surface area (Å²) in [7, 11) is 1.54. The topological polar surface area (TPSA) is 163 Å². The molecule has 5 N–H and O–H groups in total. The van der Waals surface area contributed by atoms with Gasteiger partial charge in [-0.3, -0.25) is 14.6 Å². The molecule has 250 valence electrons. The van der Waals surface area contributed by atoms with Gasteiger partial charge in [0, 0.05) is 30.2 Å². The normalized spacial score (nSPS) is 11.9. The van der Waals surface area contributed by atoms with Crippen molar-refractivity contribution in [2.45, 2.75) is 53.4 Å². The summed E-state index contributed by atoms with van der Waals surface area (Å²) in [6.45, 7) is 10.8. The summed E-state index contributed by atoms with van der Waals surface area (Å²) in [5.41, 5.74) is 6.97. The van der Waals surface area contributed by atoms with Crippen molar-refractivity contribution in [2.24, 2.45) is 5.73 Å². The highest BCUT2D eigenvalue weighted by Crippen LogP contribution is 2.37. The predicted molar refractivity (Wildman–Crippen MR) is 187 cm³/mol. The van der Waals surface area contributed by atoms with E-state index in [1.807, 2.05) is 39.8 Å². The molecule has 0 unspecified atom stereocenters. The average Bonchev–Trinajstić information content (AvgIpc) is 3.11. The molecule has 3 aromatic carbocycles. The van der Waals surface area contributed by atoms with Gasteiger partial charge in [0.1, 0.15) is 17.6 Å². The largest absolute Gasteiger partial charge is 0.504 e. The van der Waals surface area contributed by atoms with Crippen LogP contribution in [0.15, 0.2) is 66.9 Å². The van der Waals surface area contributed by atoms with E-state index >= 15 is 0 Å². The maximum atomic E-state index is 12.7. The predicted octanol–water partition coefficient (Wildman–Crippen LogP) is 7.32. The van der Waals surface area contributed by atoms with Crippen LogP contribution < -0.4 is 25.8 Å². The zero-order valence-corrected chi connectivity index (χ0v) is 27.9. The first-order chi connectivity index (χ1) is 22.9. The molecule has 1 saturated heterocycles. The summed E-state index contributed by atoms with van der Waals surface area (Å²) in [5.74, 6) is 1.36. The number of para-hydroxylation sites is 2. The number of piperidine rings is 1. The molecule has 0 radical (unpaired) electrons. The molecule has 0 bridgehead atoms. The molecule has 1 aliphatic heterocycles. The minimum Gasteiger partial charge on any atom is -0.504 e. The molecular formula is C36H46N6O5. The average molecular weight is 643 g/mol. The van der Waals surface area contributed by atoms with E-state index in [1.54, 1.807) is 55.6 Å². The van der Waals surface area contributed by atoms with Crippen LogP contribution in [0.3, 0.4) is 0 Å². The number of methoxy groups -OCH3 is 1. The summed E-state index contributed by atoms with van der Waals surface area (Å²) in [6.07, 6.45) is 5.78. The number of hydrogen-bond donors (Lipinski definition) is 4. The van der Waals surface area contributed by atoms with Crippen LogP contribution in [0.25, 0.3) is 10.9 Å². The highest BCUT2D eigenvalue weighted by Gasteiger charge is 2.17. The zero-order chi connectivity index (χ0) is 34.6. The van der Waals surface area contributed by atoms with Crippen molar-refractivity contribution in [3.63, 3.8) is 0 Å². The molecule has 0 aliphatic carbocycles. The standard InChI is InChI=1S/C31H31N5O4.2C2H6.CH3NO/c1-39-29-17-24-25(18-26(29)35-30(38)13-16-36-14-5-2-6-15-36)33-20-21(19-32)31(24)34-22-9-11-23(12-10-22)40-28-8-4-3-7-27(28)37;2*1-2;2-1-3/h3-4,7-12,17-18,20,37H,2,5-6,13-16H2,1H3,(H,33,34)(H,35,38);2*1-2H3;1H,(H2,2,3). The number of carbonyl (C=O) groups is 2. The Kier molecular flexibility index (Phi) is 16.6. The third-order valence-corrected chi connectivity index (χ3v) is 6.90. The summed E-state index contributed by atoms with van der Waals surface area (Å²) >= 11 is 0.